The van der Waals surface area contributed by atoms with Crippen LogP contribution in [0.2, 0.25) is 5.15 Å². The summed E-state index contributed by atoms with van der Waals surface area (Å²) in [5, 5.41) is 10.4. The normalized spacial score (nSPS) is 10.3. The molecule has 5 nitrogen and oxygen atoms in total. The standard InChI is InChI=1S/C14H14ClN3O2/c1-2-20-9-10-5-3-4-6-11(10)16-14(19)12-7-8-13(15)18-17-12/h3-8H,2,9H2,1H3,(H,16,19). The molecule has 2 aromatic rings. The second-order valence-corrected chi connectivity index (χ2v) is 4.38. The summed E-state index contributed by atoms with van der Waals surface area (Å²) in [6, 6.07) is 10.5. The Bertz CT molecular complexity index is 587. The van der Waals surface area contributed by atoms with Crippen molar-refractivity contribution in [2.45, 2.75) is 13.5 Å². The van der Waals surface area contributed by atoms with Gasteiger partial charge in [0.15, 0.2) is 10.8 Å². The lowest BCUT2D eigenvalue weighted by atomic mass is 10.2. The molecule has 0 saturated carbocycles. The third-order valence-electron chi connectivity index (χ3n) is 2.59. The van der Waals surface area contributed by atoms with Crippen molar-refractivity contribution in [2.24, 2.45) is 0 Å². The number of rotatable bonds is 5. The first-order valence-corrected chi connectivity index (χ1v) is 6.54. The number of aromatic nitrogens is 2. The first-order valence-electron chi connectivity index (χ1n) is 6.17. The number of amides is 1. The maximum absolute atomic E-state index is 12.1. The number of nitrogens with zero attached hydrogens (tertiary/aromatic N) is 2. The lowest BCUT2D eigenvalue weighted by Gasteiger charge is -2.10. The number of nitrogens with one attached hydrogen (secondary N) is 1. The van der Waals surface area contributed by atoms with Crippen LogP contribution < -0.4 is 5.32 Å². The molecule has 1 heterocycles. The van der Waals surface area contributed by atoms with Crippen LogP contribution in [-0.4, -0.2) is 22.7 Å². The van der Waals surface area contributed by atoms with Gasteiger partial charge in [-0.2, -0.15) is 0 Å². The van der Waals surface area contributed by atoms with E-state index >= 15 is 0 Å². The number of carbonyl (C=O) groups is 1. The smallest absolute Gasteiger partial charge is 0.276 e. The zero-order valence-corrected chi connectivity index (χ0v) is 11.7. The Morgan fingerprint density at radius 3 is 2.75 bits per heavy atom. The van der Waals surface area contributed by atoms with Gasteiger partial charge < -0.3 is 10.1 Å². The van der Waals surface area contributed by atoms with Gasteiger partial charge in [0.2, 0.25) is 0 Å². The number of para-hydroxylation sites is 1. The van der Waals surface area contributed by atoms with Gasteiger partial charge in [-0.15, -0.1) is 10.2 Å². The minimum Gasteiger partial charge on any atom is -0.377 e. The van der Waals surface area contributed by atoms with Gasteiger partial charge in [-0.3, -0.25) is 4.79 Å². The lowest BCUT2D eigenvalue weighted by Crippen LogP contribution is -2.15. The number of benzene rings is 1. The van der Waals surface area contributed by atoms with Crippen LogP contribution in [0, 0.1) is 0 Å². The Hall–Kier alpha value is -1.98. The van der Waals surface area contributed by atoms with Crippen molar-refractivity contribution in [3.63, 3.8) is 0 Å². The number of hydrogen-bond donors (Lipinski definition) is 1. The fourth-order valence-electron chi connectivity index (χ4n) is 1.60. The molecule has 0 saturated heterocycles. The van der Waals surface area contributed by atoms with Crippen molar-refractivity contribution in [1.29, 1.82) is 0 Å². The van der Waals surface area contributed by atoms with E-state index in [1.54, 1.807) is 0 Å². The molecule has 0 fully saturated rings. The van der Waals surface area contributed by atoms with Gasteiger partial charge in [-0.1, -0.05) is 29.8 Å². The Kier molecular flexibility index (Phi) is 5.03. The molecule has 1 aromatic carbocycles. The predicted molar refractivity (Wildman–Crippen MR) is 76.8 cm³/mol. The van der Waals surface area contributed by atoms with Gasteiger partial charge in [0, 0.05) is 17.9 Å². The molecule has 104 valence electrons. The van der Waals surface area contributed by atoms with Gasteiger partial charge >= 0.3 is 0 Å². The van der Waals surface area contributed by atoms with E-state index in [0.29, 0.717) is 18.9 Å². The van der Waals surface area contributed by atoms with Gasteiger partial charge in [-0.25, -0.2) is 0 Å². The molecular formula is C14H14ClN3O2. The van der Waals surface area contributed by atoms with Crippen LogP contribution in [0.5, 0.6) is 0 Å². The highest BCUT2D eigenvalue weighted by Gasteiger charge is 2.10. The molecule has 20 heavy (non-hydrogen) atoms. The zero-order chi connectivity index (χ0) is 14.4. The molecule has 0 aliphatic heterocycles. The van der Waals surface area contributed by atoms with Gasteiger partial charge in [0.25, 0.3) is 5.91 Å². The van der Waals surface area contributed by atoms with Gasteiger partial charge in [0.1, 0.15) is 0 Å². The fraction of sp³-hybridized carbons (Fsp3) is 0.214. The van der Waals surface area contributed by atoms with E-state index in [0.717, 1.165) is 5.56 Å². The van der Waals surface area contributed by atoms with E-state index in [9.17, 15) is 4.79 Å². The van der Waals surface area contributed by atoms with Gasteiger partial charge in [0.05, 0.1) is 6.61 Å². The zero-order valence-electron chi connectivity index (χ0n) is 11.0. The predicted octanol–water partition coefficient (Wildman–Crippen LogP) is 2.92. The Balaban J connectivity index is 2.13. The van der Waals surface area contributed by atoms with Crippen LogP contribution >= 0.6 is 11.6 Å². The maximum atomic E-state index is 12.1. The van der Waals surface area contributed by atoms with Crippen molar-refractivity contribution in [2.75, 3.05) is 11.9 Å². The summed E-state index contributed by atoms with van der Waals surface area (Å²) in [5.74, 6) is -0.335. The van der Waals surface area contributed by atoms with Crippen molar-refractivity contribution in [3.8, 4) is 0 Å². The molecule has 1 aromatic heterocycles. The number of halogens is 1. The number of hydrogen-bond acceptors (Lipinski definition) is 4. The molecule has 1 N–H and O–H groups in total. The summed E-state index contributed by atoms with van der Waals surface area (Å²) in [6.45, 7) is 2.98. The molecule has 1 amide bonds. The van der Waals surface area contributed by atoms with Crippen LogP contribution in [0.4, 0.5) is 5.69 Å². The van der Waals surface area contributed by atoms with Crippen LogP contribution in [-0.2, 0) is 11.3 Å². The van der Waals surface area contributed by atoms with E-state index in [2.05, 4.69) is 15.5 Å². The SMILES string of the molecule is CCOCc1ccccc1NC(=O)c1ccc(Cl)nn1. The number of ether oxygens (including phenoxy) is 1. The van der Waals surface area contributed by atoms with E-state index in [1.807, 2.05) is 31.2 Å². The van der Waals surface area contributed by atoms with Crippen LogP contribution in [0.3, 0.4) is 0 Å². The molecule has 0 bridgehead atoms. The quantitative estimate of drug-likeness (QED) is 0.920. The molecule has 2 rings (SSSR count). The van der Waals surface area contributed by atoms with E-state index in [-0.39, 0.29) is 16.8 Å². The Morgan fingerprint density at radius 1 is 1.25 bits per heavy atom. The summed E-state index contributed by atoms with van der Waals surface area (Å²) >= 11 is 5.64. The van der Waals surface area contributed by atoms with Crippen molar-refractivity contribution >= 4 is 23.2 Å². The highest BCUT2D eigenvalue weighted by atomic mass is 35.5. The maximum Gasteiger partial charge on any atom is 0.276 e. The molecule has 0 aliphatic rings. The van der Waals surface area contributed by atoms with Crippen molar-refractivity contribution < 1.29 is 9.53 Å². The Labute approximate surface area is 121 Å². The lowest BCUT2D eigenvalue weighted by molar-refractivity contribution is 0.102. The van der Waals surface area contributed by atoms with Crippen LogP contribution in [0.1, 0.15) is 23.0 Å². The second-order valence-electron chi connectivity index (χ2n) is 3.99. The van der Waals surface area contributed by atoms with E-state index < -0.39 is 0 Å². The van der Waals surface area contributed by atoms with E-state index in [4.69, 9.17) is 16.3 Å². The molecule has 0 spiro atoms. The highest BCUT2D eigenvalue weighted by Crippen LogP contribution is 2.17. The molecule has 0 radical (unpaired) electrons. The number of carbonyl (C=O) groups excluding carboxylic acids is 1. The minimum atomic E-state index is -0.335. The summed E-state index contributed by atoms with van der Waals surface area (Å²) in [4.78, 5) is 12.1. The summed E-state index contributed by atoms with van der Waals surface area (Å²) in [6.07, 6.45) is 0. The monoisotopic (exact) mass is 291 g/mol. The van der Waals surface area contributed by atoms with Gasteiger partial charge in [-0.05, 0) is 25.1 Å². The average molecular weight is 292 g/mol. The molecule has 0 aliphatic carbocycles. The third kappa shape index (κ3) is 3.76. The minimum absolute atomic E-state index is 0.209. The molecule has 0 unspecified atom stereocenters. The largest absolute Gasteiger partial charge is 0.377 e. The number of anilines is 1. The van der Waals surface area contributed by atoms with Crippen LogP contribution in [0.25, 0.3) is 0 Å². The van der Waals surface area contributed by atoms with Crippen molar-refractivity contribution in [3.05, 3.63) is 52.8 Å². The Morgan fingerprint density at radius 2 is 2.05 bits per heavy atom. The molecule has 6 heteroatoms. The summed E-state index contributed by atoms with van der Waals surface area (Å²) in [5.41, 5.74) is 1.81. The fourth-order valence-corrected chi connectivity index (χ4v) is 1.70. The van der Waals surface area contributed by atoms with E-state index in [1.165, 1.54) is 12.1 Å². The topological polar surface area (TPSA) is 64.1 Å². The summed E-state index contributed by atoms with van der Waals surface area (Å²) < 4.78 is 5.37. The van der Waals surface area contributed by atoms with Crippen molar-refractivity contribution in [1.82, 2.24) is 10.2 Å². The third-order valence-corrected chi connectivity index (χ3v) is 2.79. The molecule has 0 atom stereocenters. The first kappa shape index (κ1) is 14.4. The molecular weight excluding hydrogens is 278 g/mol. The highest BCUT2D eigenvalue weighted by molar-refractivity contribution is 6.29. The first-order chi connectivity index (χ1) is 9.70. The second kappa shape index (κ2) is 6.98. The van der Waals surface area contributed by atoms with Crippen LogP contribution in [0.15, 0.2) is 36.4 Å². The average Bonchev–Trinajstić information content (AvgIpc) is 2.47. The summed E-state index contributed by atoms with van der Waals surface area (Å²) in [7, 11) is 0.